The van der Waals surface area contributed by atoms with Crippen molar-refractivity contribution < 1.29 is 4.79 Å². The molecule has 3 rings (SSSR count). The summed E-state index contributed by atoms with van der Waals surface area (Å²) < 4.78 is 0. The summed E-state index contributed by atoms with van der Waals surface area (Å²) in [7, 11) is 0. The van der Waals surface area contributed by atoms with E-state index < -0.39 is 6.04 Å². The van der Waals surface area contributed by atoms with Gasteiger partial charge in [0.1, 0.15) is 0 Å². The molecule has 1 aliphatic heterocycles. The minimum absolute atomic E-state index is 0.0598. The summed E-state index contributed by atoms with van der Waals surface area (Å²) >= 11 is 1.93. The molecule has 0 saturated carbocycles. The first-order valence-electron chi connectivity index (χ1n) is 15.5. The van der Waals surface area contributed by atoms with Crippen molar-refractivity contribution in [1.29, 1.82) is 0 Å². The van der Waals surface area contributed by atoms with Gasteiger partial charge in [-0.05, 0) is 34.6 Å². The number of aromatic nitrogens is 4. The molecule has 8 heteroatoms. The number of carbonyl (C=O) groups excluding carboxylic acids is 1. The molecule has 0 aliphatic carbocycles. The highest BCUT2D eigenvalue weighted by Crippen LogP contribution is 2.34. The maximum Gasteiger partial charge on any atom is 0.249 e. The van der Waals surface area contributed by atoms with Gasteiger partial charge in [-0.15, -0.1) is 10.2 Å². The number of unbranched alkanes of at least 4 members (excludes halogenated alkanes) is 9. The summed E-state index contributed by atoms with van der Waals surface area (Å²) in [4.78, 5) is 17.9. The Hall–Kier alpha value is -1.93. The van der Waals surface area contributed by atoms with E-state index in [0.717, 1.165) is 43.2 Å². The highest BCUT2D eigenvalue weighted by molar-refractivity contribution is 7.99. The molecule has 1 N–H and O–H groups in total. The van der Waals surface area contributed by atoms with Crippen LogP contribution in [0.2, 0.25) is 0 Å². The van der Waals surface area contributed by atoms with Gasteiger partial charge in [0, 0.05) is 30.3 Å². The van der Waals surface area contributed by atoms with Crippen LogP contribution in [0.15, 0.2) is 18.2 Å². The maximum absolute atomic E-state index is 13.9. The van der Waals surface area contributed by atoms with Crippen molar-refractivity contribution in [3.63, 3.8) is 0 Å². The van der Waals surface area contributed by atoms with Crippen molar-refractivity contribution >= 4 is 23.4 Å². The third-order valence-electron chi connectivity index (χ3n) is 7.70. The van der Waals surface area contributed by atoms with Crippen LogP contribution >= 0.6 is 11.8 Å². The fraction of sp³-hybridized carbons (Fsp3) is 0.742. The molecule has 2 aromatic rings. The fourth-order valence-electron chi connectivity index (χ4n) is 5.37. The average Bonchev–Trinajstić information content (AvgIpc) is 3.38. The largest absolute Gasteiger partial charge is 0.324 e. The Bertz CT molecular complexity index is 959. The molecule has 1 aromatic carbocycles. The summed E-state index contributed by atoms with van der Waals surface area (Å²) in [5.74, 6) is 3.09. The fourth-order valence-corrected chi connectivity index (χ4v) is 6.30. The predicted molar refractivity (Wildman–Crippen MR) is 165 cm³/mol. The lowest BCUT2D eigenvalue weighted by molar-refractivity contribution is -0.121. The minimum atomic E-state index is -0.535. The number of aryl methyl sites for hydroxylation is 1. The Balaban J connectivity index is 1.63. The van der Waals surface area contributed by atoms with Crippen molar-refractivity contribution in [2.45, 2.75) is 123 Å². The van der Waals surface area contributed by atoms with E-state index in [4.69, 9.17) is 5.10 Å². The van der Waals surface area contributed by atoms with E-state index in [0.29, 0.717) is 17.7 Å². The number of hydrogen-bond acceptors (Lipinski definition) is 6. The van der Waals surface area contributed by atoms with E-state index in [-0.39, 0.29) is 5.91 Å². The number of tetrazole rings is 1. The molecule has 1 saturated heterocycles. The van der Waals surface area contributed by atoms with Gasteiger partial charge in [0.2, 0.25) is 11.7 Å². The lowest BCUT2D eigenvalue weighted by atomic mass is 9.92. The monoisotopic (exact) mass is 556 g/mol. The first kappa shape index (κ1) is 31.6. The van der Waals surface area contributed by atoms with Gasteiger partial charge in [0.15, 0.2) is 6.04 Å². The molecule has 1 atom stereocenters. The van der Waals surface area contributed by atoms with Crippen molar-refractivity contribution in [2.24, 2.45) is 0 Å². The second-order valence-corrected chi connectivity index (χ2v) is 12.8. The third-order valence-corrected chi connectivity index (χ3v) is 8.65. The van der Waals surface area contributed by atoms with Crippen molar-refractivity contribution in [3.05, 3.63) is 35.2 Å². The number of thioether (sulfide) groups is 1. The number of anilines is 1. The van der Waals surface area contributed by atoms with Gasteiger partial charge < -0.3 is 5.32 Å². The van der Waals surface area contributed by atoms with Crippen molar-refractivity contribution in [2.75, 3.05) is 29.9 Å². The van der Waals surface area contributed by atoms with Gasteiger partial charge in [0.25, 0.3) is 0 Å². The zero-order valence-electron chi connectivity index (χ0n) is 25.1. The molecule has 0 spiro atoms. The highest BCUT2D eigenvalue weighted by Gasteiger charge is 2.34. The molecule has 39 heavy (non-hydrogen) atoms. The zero-order valence-corrected chi connectivity index (χ0v) is 25.9. The first-order chi connectivity index (χ1) is 18.9. The second kappa shape index (κ2) is 17.0. The number of benzene rings is 1. The van der Waals surface area contributed by atoms with Crippen LogP contribution in [0.25, 0.3) is 0 Å². The van der Waals surface area contributed by atoms with Crippen LogP contribution < -0.4 is 5.32 Å². The Morgan fingerprint density at radius 1 is 0.897 bits per heavy atom. The van der Waals surface area contributed by atoms with E-state index in [1.54, 1.807) is 4.80 Å². The molecule has 1 amide bonds. The molecule has 1 fully saturated rings. The van der Waals surface area contributed by atoms with E-state index >= 15 is 0 Å². The number of rotatable bonds is 17. The minimum Gasteiger partial charge on any atom is -0.324 e. The van der Waals surface area contributed by atoms with Gasteiger partial charge in [-0.3, -0.25) is 9.69 Å². The second-order valence-electron chi connectivity index (χ2n) is 11.6. The standard InChI is InChI=1S/C31H52N6OS/c1-6-7-8-9-10-11-12-13-14-15-19-37-34-30(33-35-37)29(36-20-22-39-23-21-36)31(38)32-28-26(24(2)3)17-16-18-27(28)25(4)5/h16-18,24-25,29H,6-15,19-23H2,1-5H3,(H,32,38). The summed E-state index contributed by atoms with van der Waals surface area (Å²) in [5, 5.41) is 16.8. The van der Waals surface area contributed by atoms with Crippen LogP contribution in [0.1, 0.15) is 134 Å². The summed E-state index contributed by atoms with van der Waals surface area (Å²) in [6, 6.07) is 5.81. The summed E-state index contributed by atoms with van der Waals surface area (Å²) in [5.41, 5.74) is 3.28. The molecular formula is C31H52N6OS. The topological polar surface area (TPSA) is 75.9 Å². The highest BCUT2D eigenvalue weighted by atomic mass is 32.2. The number of nitrogens with zero attached hydrogens (tertiary/aromatic N) is 5. The van der Waals surface area contributed by atoms with Gasteiger partial charge in [-0.2, -0.15) is 16.6 Å². The number of amides is 1. The Labute approximate surface area is 241 Å². The van der Waals surface area contributed by atoms with Crippen LogP contribution in [0.4, 0.5) is 5.69 Å². The molecule has 1 aliphatic rings. The molecule has 7 nitrogen and oxygen atoms in total. The normalized spacial score (nSPS) is 15.3. The maximum atomic E-state index is 13.9. The first-order valence-corrected chi connectivity index (χ1v) is 16.6. The van der Waals surface area contributed by atoms with Crippen molar-refractivity contribution in [1.82, 2.24) is 25.1 Å². The summed E-state index contributed by atoms with van der Waals surface area (Å²) in [6.45, 7) is 13.4. The van der Waals surface area contributed by atoms with Crippen molar-refractivity contribution in [3.8, 4) is 0 Å². The molecule has 0 radical (unpaired) electrons. The molecular weight excluding hydrogens is 504 g/mol. The number of nitrogens with one attached hydrogen (secondary N) is 1. The predicted octanol–water partition coefficient (Wildman–Crippen LogP) is 7.57. The van der Waals surface area contributed by atoms with Crippen LogP contribution in [0.3, 0.4) is 0 Å². The van der Waals surface area contributed by atoms with E-state index in [1.165, 1.54) is 68.9 Å². The Morgan fingerprint density at radius 3 is 2.03 bits per heavy atom. The van der Waals surface area contributed by atoms with E-state index in [2.05, 4.69) is 73.3 Å². The quantitative estimate of drug-likeness (QED) is 0.203. The third kappa shape index (κ3) is 9.89. The smallest absolute Gasteiger partial charge is 0.249 e. The molecule has 218 valence electrons. The van der Waals surface area contributed by atoms with Crippen LogP contribution in [-0.4, -0.2) is 55.6 Å². The molecule has 0 bridgehead atoms. The van der Waals surface area contributed by atoms with Crippen LogP contribution in [-0.2, 0) is 11.3 Å². The van der Waals surface area contributed by atoms with Gasteiger partial charge >= 0.3 is 0 Å². The molecule has 1 unspecified atom stereocenters. The Kier molecular flexibility index (Phi) is 13.8. The molecule has 2 heterocycles. The van der Waals surface area contributed by atoms with Crippen LogP contribution in [0.5, 0.6) is 0 Å². The molecule has 1 aromatic heterocycles. The van der Waals surface area contributed by atoms with Gasteiger partial charge in [0.05, 0.1) is 6.54 Å². The van der Waals surface area contributed by atoms with Gasteiger partial charge in [-0.25, -0.2) is 0 Å². The lowest BCUT2D eigenvalue weighted by Gasteiger charge is -2.32. The Morgan fingerprint density at radius 2 is 1.46 bits per heavy atom. The number of para-hydroxylation sites is 1. The number of hydrogen-bond donors (Lipinski definition) is 1. The van der Waals surface area contributed by atoms with Crippen LogP contribution in [0, 0.1) is 0 Å². The number of carbonyl (C=O) groups is 1. The lowest BCUT2D eigenvalue weighted by Crippen LogP contribution is -2.42. The average molecular weight is 557 g/mol. The van der Waals surface area contributed by atoms with E-state index in [1.807, 2.05) is 11.8 Å². The SMILES string of the molecule is CCCCCCCCCCCCn1nnc(C(C(=O)Nc2c(C(C)C)cccc2C(C)C)N2CCSCC2)n1. The zero-order chi connectivity index (χ0) is 28.0. The van der Waals surface area contributed by atoms with Gasteiger partial charge in [-0.1, -0.05) is 111 Å². The summed E-state index contributed by atoms with van der Waals surface area (Å²) in [6.07, 6.45) is 13.0. The van der Waals surface area contributed by atoms with E-state index in [9.17, 15) is 4.79 Å².